The molecule has 1 atom stereocenters. The number of hydrogen-bond donors (Lipinski definition) is 2. The average molecular weight is 212 g/mol. The van der Waals surface area contributed by atoms with Gasteiger partial charge in [-0.05, 0) is 6.92 Å². The zero-order chi connectivity index (χ0) is 7.56. The van der Waals surface area contributed by atoms with Crippen LogP contribution in [0.5, 0.6) is 0 Å². The van der Waals surface area contributed by atoms with Gasteiger partial charge in [0, 0.05) is 12.3 Å². The molecule has 1 rings (SSSR count). The molecular formula is C6H11Cl2N3O. The normalized spacial score (nSPS) is 10.8. The highest BCUT2D eigenvalue weighted by molar-refractivity contribution is 5.85. The van der Waals surface area contributed by atoms with Gasteiger partial charge in [-0.25, -0.2) is 4.98 Å². The van der Waals surface area contributed by atoms with Crippen LogP contribution in [-0.4, -0.2) is 9.97 Å². The van der Waals surface area contributed by atoms with Crippen molar-refractivity contribution in [2.24, 2.45) is 5.73 Å². The van der Waals surface area contributed by atoms with E-state index in [1.54, 1.807) is 6.92 Å². The molecule has 0 saturated heterocycles. The molecule has 0 aliphatic heterocycles. The van der Waals surface area contributed by atoms with Crippen LogP contribution >= 0.6 is 24.8 Å². The molecule has 4 nitrogen and oxygen atoms in total. The van der Waals surface area contributed by atoms with Crippen LogP contribution in [-0.2, 0) is 0 Å². The molecule has 70 valence electrons. The second kappa shape index (κ2) is 5.99. The minimum absolute atomic E-state index is 0. The Balaban J connectivity index is 0. The number of halogens is 2. The van der Waals surface area contributed by atoms with E-state index in [9.17, 15) is 4.79 Å². The number of rotatable bonds is 1. The van der Waals surface area contributed by atoms with Gasteiger partial charge in [-0.2, -0.15) is 0 Å². The second-order valence-corrected chi connectivity index (χ2v) is 2.11. The highest BCUT2D eigenvalue weighted by Crippen LogP contribution is 1.95. The predicted molar refractivity (Wildman–Crippen MR) is 52.0 cm³/mol. The van der Waals surface area contributed by atoms with Crippen molar-refractivity contribution >= 4 is 24.8 Å². The minimum atomic E-state index is -0.214. The van der Waals surface area contributed by atoms with Crippen molar-refractivity contribution in [2.45, 2.75) is 13.0 Å². The summed E-state index contributed by atoms with van der Waals surface area (Å²) >= 11 is 0. The van der Waals surface area contributed by atoms with Crippen LogP contribution in [0.2, 0.25) is 0 Å². The lowest BCUT2D eigenvalue weighted by Gasteiger charge is -2.00. The standard InChI is InChI=1S/C6H9N3O.2ClH/c1-4(7)6-8-3-2-5(10)9-6;;/h2-4H,7H2,1H3,(H,8,9,10);2*1H. The van der Waals surface area contributed by atoms with E-state index in [1.807, 2.05) is 0 Å². The first-order valence-corrected chi connectivity index (χ1v) is 3.01. The molecule has 12 heavy (non-hydrogen) atoms. The first-order chi connectivity index (χ1) is 4.70. The first-order valence-electron chi connectivity index (χ1n) is 3.01. The number of nitrogens with zero attached hydrogens (tertiary/aromatic N) is 1. The molecule has 0 aliphatic carbocycles. The molecule has 0 radical (unpaired) electrons. The Morgan fingerprint density at radius 1 is 1.58 bits per heavy atom. The summed E-state index contributed by atoms with van der Waals surface area (Å²) in [5.41, 5.74) is 5.29. The van der Waals surface area contributed by atoms with Gasteiger partial charge in [-0.1, -0.05) is 0 Å². The Labute approximate surface area is 82.4 Å². The van der Waals surface area contributed by atoms with Crippen molar-refractivity contribution < 1.29 is 0 Å². The maximum Gasteiger partial charge on any atom is 0.250 e. The summed E-state index contributed by atoms with van der Waals surface area (Å²) in [5, 5.41) is 0. The maximum atomic E-state index is 10.6. The lowest BCUT2D eigenvalue weighted by molar-refractivity contribution is 0.733. The molecule has 3 N–H and O–H groups in total. The summed E-state index contributed by atoms with van der Waals surface area (Å²) in [6.07, 6.45) is 1.44. The van der Waals surface area contributed by atoms with E-state index in [4.69, 9.17) is 5.73 Å². The summed E-state index contributed by atoms with van der Waals surface area (Å²) in [6, 6.07) is 1.14. The fourth-order valence-electron chi connectivity index (χ4n) is 0.617. The molecule has 1 aromatic rings. The summed E-state index contributed by atoms with van der Waals surface area (Å²) in [6.45, 7) is 1.76. The number of hydrogen-bond acceptors (Lipinski definition) is 3. The van der Waals surface area contributed by atoms with E-state index in [1.165, 1.54) is 12.3 Å². The molecule has 0 saturated carbocycles. The third-order valence-electron chi connectivity index (χ3n) is 1.12. The number of aromatic amines is 1. The van der Waals surface area contributed by atoms with Crippen molar-refractivity contribution in [3.63, 3.8) is 0 Å². The van der Waals surface area contributed by atoms with Gasteiger partial charge in [0.15, 0.2) is 0 Å². The summed E-state index contributed by atoms with van der Waals surface area (Å²) in [7, 11) is 0. The fraction of sp³-hybridized carbons (Fsp3) is 0.333. The Hall–Kier alpha value is -0.580. The van der Waals surface area contributed by atoms with Crippen molar-refractivity contribution in [1.29, 1.82) is 0 Å². The first kappa shape index (κ1) is 14.0. The Bertz CT molecular complexity index is 273. The van der Waals surface area contributed by atoms with E-state index in [2.05, 4.69) is 9.97 Å². The Morgan fingerprint density at radius 2 is 2.17 bits per heavy atom. The van der Waals surface area contributed by atoms with Crippen LogP contribution < -0.4 is 11.3 Å². The van der Waals surface area contributed by atoms with E-state index >= 15 is 0 Å². The molecule has 0 bridgehead atoms. The van der Waals surface area contributed by atoms with Gasteiger partial charge in [0.05, 0.1) is 6.04 Å². The molecule has 6 heteroatoms. The van der Waals surface area contributed by atoms with E-state index in [-0.39, 0.29) is 36.4 Å². The van der Waals surface area contributed by atoms with Crippen LogP contribution in [0.4, 0.5) is 0 Å². The van der Waals surface area contributed by atoms with Crippen molar-refractivity contribution in [3.8, 4) is 0 Å². The average Bonchev–Trinajstić information content (AvgIpc) is 1.88. The second-order valence-electron chi connectivity index (χ2n) is 2.11. The molecule has 1 heterocycles. The van der Waals surface area contributed by atoms with Crippen LogP contribution in [0.15, 0.2) is 17.1 Å². The Kier molecular flexibility index (Phi) is 6.98. The lowest BCUT2D eigenvalue weighted by atomic mass is 10.3. The lowest BCUT2D eigenvalue weighted by Crippen LogP contribution is -2.15. The van der Waals surface area contributed by atoms with Crippen molar-refractivity contribution in [2.75, 3.05) is 0 Å². The van der Waals surface area contributed by atoms with Crippen LogP contribution in [0.1, 0.15) is 18.8 Å². The summed E-state index contributed by atoms with van der Waals surface area (Å²) in [5.74, 6) is 0.521. The monoisotopic (exact) mass is 211 g/mol. The highest BCUT2D eigenvalue weighted by atomic mass is 35.5. The number of aromatic nitrogens is 2. The third kappa shape index (κ3) is 3.71. The van der Waals surface area contributed by atoms with Gasteiger partial charge >= 0.3 is 0 Å². The van der Waals surface area contributed by atoms with E-state index < -0.39 is 0 Å². The quantitative estimate of drug-likeness (QED) is 0.717. The summed E-state index contributed by atoms with van der Waals surface area (Å²) in [4.78, 5) is 17.0. The van der Waals surface area contributed by atoms with Crippen molar-refractivity contribution in [3.05, 3.63) is 28.4 Å². The Morgan fingerprint density at radius 3 is 2.50 bits per heavy atom. The predicted octanol–water partition coefficient (Wildman–Crippen LogP) is 0.633. The van der Waals surface area contributed by atoms with Gasteiger partial charge in [0.1, 0.15) is 5.82 Å². The number of nitrogens with two attached hydrogens (primary N) is 1. The van der Waals surface area contributed by atoms with Crippen LogP contribution in [0.3, 0.4) is 0 Å². The van der Waals surface area contributed by atoms with Crippen LogP contribution in [0.25, 0.3) is 0 Å². The highest BCUT2D eigenvalue weighted by Gasteiger charge is 1.98. The molecule has 0 fully saturated rings. The zero-order valence-electron chi connectivity index (χ0n) is 6.48. The van der Waals surface area contributed by atoms with Gasteiger partial charge < -0.3 is 10.7 Å². The van der Waals surface area contributed by atoms with E-state index in [0.717, 1.165) is 0 Å². The molecular weight excluding hydrogens is 201 g/mol. The van der Waals surface area contributed by atoms with E-state index in [0.29, 0.717) is 5.82 Å². The fourth-order valence-corrected chi connectivity index (χ4v) is 0.617. The number of H-pyrrole nitrogens is 1. The minimum Gasteiger partial charge on any atom is -0.322 e. The molecule has 1 aromatic heterocycles. The number of nitrogens with one attached hydrogen (secondary N) is 1. The molecule has 0 aromatic carbocycles. The maximum absolute atomic E-state index is 10.6. The van der Waals surface area contributed by atoms with Crippen LogP contribution in [0, 0.1) is 0 Å². The molecule has 0 aliphatic rings. The topological polar surface area (TPSA) is 71.8 Å². The summed E-state index contributed by atoms with van der Waals surface area (Å²) < 4.78 is 0. The van der Waals surface area contributed by atoms with Gasteiger partial charge in [0.2, 0.25) is 0 Å². The van der Waals surface area contributed by atoms with Gasteiger partial charge in [-0.3, -0.25) is 4.79 Å². The smallest absolute Gasteiger partial charge is 0.250 e. The SMILES string of the molecule is CC(N)c1nccc(=O)[nH]1.Cl.Cl. The zero-order valence-corrected chi connectivity index (χ0v) is 8.11. The van der Waals surface area contributed by atoms with Gasteiger partial charge in [-0.15, -0.1) is 24.8 Å². The largest absolute Gasteiger partial charge is 0.322 e. The molecule has 1 unspecified atom stereocenters. The molecule has 0 amide bonds. The third-order valence-corrected chi connectivity index (χ3v) is 1.12. The molecule has 0 spiro atoms. The van der Waals surface area contributed by atoms with Crippen molar-refractivity contribution in [1.82, 2.24) is 9.97 Å². The van der Waals surface area contributed by atoms with Gasteiger partial charge in [0.25, 0.3) is 5.56 Å².